The lowest BCUT2D eigenvalue weighted by Gasteiger charge is -2.12. The lowest BCUT2D eigenvalue weighted by molar-refractivity contribution is 0.400. The Morgan fingerprint density at radius 2 is 1.42 bits per heavy atom. The van der Waals surface area contributed by atoms with E-state index in [1.165, 1.54) is 22.2 Å². The number of anilines is 1. The quantitative estimate of drug-likeness (QED) is 0.368. The molecule has 0 heterocycles. The van der Waals surface area contributed by atoms with E-state index in [9.17, 15) is 10.2 Å². The summed E-state index contributed by atoms with van der Waals surface area (Å²) in [7, 11) is 0. The van der Waals surface area contributed by atoms with Gasteiger partial charge in [-0.15, -0.1) is 0 Å². The number of hydrogen-bond donors (Lipinski definition) is 3. The van der Waals surface area contributed by atoms with Crippen molar-refractivity contribution in [1.29, 1.82) is 0 Å². The molecule has 0 atom stereocenters. The van der Waals surface area contributed by atoms with E-state index >= 15 is 0 Å². The minimum absolute atomic E-state index is 0.0734. The van der Waals surface area contributed by atoms with E-state index in [4.69, 9.17) is 0 Å². The van der Waals surface area contributed by atoms with E-state index in [1.807, 2.05) is 24.3 Å². The van der Waals surface area contributed by atoms with Crippen LogP contribution in [0.3, 0.4) is 0 Å². The molecule has 0 aliphatic rings. The van der Waals surface area contributed by atoms with Crippen molar-refractivity contribution in [2.75, 3.05) is 5.32 Å². The van der Waals surface area contributed by atoms with Gasteiger partial charge in [0.1, 0.15) is 0 Å². The van der Waals surface area contributed by atoms with Gasteiger partial charge in [0.05, 0.1) is 0 Å². The number of rotatable bonds is 3. The Balaban J connectivity index is 1.73. The molecule has 0 fully saturated rings. The highest BCUT2D eigenvalue weighted by atomic mass is 16.3. The first kappa shape index (κ1) is 14.4. The van der Waals surface area contributed by atoms with Gasteiger partial charge in [0.2, 0.25) is 0 Å². The van der Waals surface area contributed by atoms with Crippen LogP contribution in [0.2, 0.25) is 0 Å². The fraction of sp³-hybridized carbons (Fsp3) is 0.0476. The van der Waals surface area contributed by atoms with Gasteiger partial charge < -0.3 is 15.5 Å². The molecule has 3 N–H and O–H groups in total. The van der Waals surface area contributed by atoms with E-state index in [2.05, 4.69) is 35.6 Å². The van der Waals surface area contributed by atoms with Crippen LogP contribution < -0.4 is 5.32 Å². The third-order valence-corrected chi connectivity index (χ3v) is 4.31. The number of hydrogen-bond acceptors (Lipinski definition) is 3. The molecule has 0 radical (unpaired) electrons. The fourth-order valence-corrected chi connectivity index (χ4v) is 3.03. The molecule has 3 nitrogen and oxygen atoms in total. The summed E-state index contributed by atoms with van der Waals surface area (Å²) in [5.41, 5.74) is 1.66. The van der Waals surface area contributed by atoms with Crippen molar-refractivity contribution in [2.24, 2.45) is 0 Å². The normalized spacial score (nSPS) is 11.0. The first-order valence-corrected chi connectivity index (χ1v) is 7.87. The van der Waals surface area contributed by atoms with Gasteiger partial charge in [-0.05, 0) is 40.4 Å². The standard InChI is InChI=1S/C21H17NO2/c23-20-10-4-8-17(21(20)24)13-22-19-9-3-7-16-11-14-5-1-2-6-15(14)12-18(16)19/h1-12,22-24H,13H2. The van der Waals surface area contributed by atoms with Crippen LogP contribution in [0.5, 0.6) is 11.5 Å². The molecule has 4 rings (SSSR count). The van der Waals surface area contributed by atoms with Gasteiger partial charge in [0.25, 0.3) is 0 Å². The molecular formula is C21H17NO2. The number of fused-ring (bicyclic) bond motifs is 2. The molecule has 3 heteroatoms. The van der Waals surface area contributed by atoms with Crippen molar-refractivity contribution in [3.05, 3.63) is 78.4 Å². The summed E-state index contributed by atoms with van der Waals surface area (Å²) in [6, 6.07) is 23.8. The minimum atomic E-state index is -0.0989. The summed E-state index contributed by atoms with van der Waals surface area (Å²) in [4.78, 5) is 0. The smallest absolute Gasteiger partial charge is 0.162 e. The Bertz CT molecular complexity index is 1040. The van der Waals surface area contributed by atoms with Crippen molar-refractivity contribution in [3.63, 3.8) is 0 Å². The molecule has 0 saturated heterocycles. The summed E-state index contributed by atoms with van der Waals surface area (Å²) in [5.74, 6) is -0.172. The molecule has 0 bridgehead atoms. The predicted molar refractivity (Wildman–Crippen MR) is 98.6 cm³/mol. The minimum Gasteiger partial charge on any atom is -0.504 e. The molecule has 0 aromatic heterocycles. The zero-order chi connectivity index (χ0) is 16.5. The van der Waals surface area contributed by atoms with Gasteiger partial charge in [-0.3, -0.25) is 0 Å². The van der Waals surface area contributed by atoms with Gasteiger partial charge in [-0.1, -0.05) is 48.5 Å². The third-order valence-electron chi connectivity index (χ3n) is 4.31. The Morgan fingerprint density at radius 1 is 0.708 bits per heavy atom. The van der Waals surface area contributed by atoms with Crippen molar-refractivity contribution >= 4 is 27.2 Å². The molecule has 0 saturated carbocycles. The van der Waals surface area contributed by atoms with Crippen LogP contribution in [0, 0.1) is 0 Å². The molecule has 24 heavy (non-hydrogen) atoms. The topological polar surface area (TPSA) is 52.5 Å². The van der Waals surface area contributed by atoms with Gasteiger partial charge in [-0.25, -0.2) is 0 Å². The van der Waals surface area contributed by atoms with E-state index < -0.39 is 0 Å². The second kappa shape index (κ2) is 5.78. The summed E-state index contributed by atoms with van der Waals surface area (Å²) in [5, 5.41) is 27.6. The van der Waals surface area contributed by atoms with Crippen LogP contribution in [0.15, 0.2) is 72.8 Å². The molecule has 118 valence electrons. The Kier molecular flexibility index (Phi) is 3.47. The largest absolute Gasteiger partial charge is 0.504 e. The molecule has 4 aromatic rings. The van der Waals surface area contributed by atoms with Crippen molar-refractivity contribution in [2.45, 2.75) is 6.54 Å². The first-order valence-electron chi connectivity index (χ1n) is 7.87. The number of aromatic hydroxyl groups is 2. The Morgan fingerprint density at radius 3 is 2.25 bits per heavy atom. The highest BCUT2D eigenvalue weighted by Gasteiger charge is 2.07. The van der Waals surface area contributed by atoms with E-state index in [0.717, 1.165) is 11.1 Å². The Labute approximate surface area is 139 Å². The number of nitrogens with one attached hydrogen (secondary N) is 1. The maximum atomic E-state index is 9.94. The number of phenolic OH excluding ortho intramolecular Hbond substituents is 2. The lowest BCUT2D eigenvalue weighted by atomic mass is 10.0. The van der Waals surface area contributed by atoms with E-state index in [0.29, 0.717) is 12.1 Å². The van der Waals surface area contributed by atoms with Crippen LogP contribution in [0.1, 0.15) is 5.56 Å². The molecule has 0 aliphatic carbocycles. The van der Waals surface area contributed by atoms with Gasteiger partial charge >= 0.3 is 0 Å². The second-order valence-corrected chi connectivity index (χ2v) is 5.86. The fourth-order valence-electron chi connectivity index (χ4n) is 3.03. The average molecular weight is 315 g/mol. The number of benzene rings is 4. The summed E-state index contributed by atoms with van der Waals surface area (Å²) in [6.45, 7) is 0.437. The van der Waals surface area contributed by atoms with Crippen LogP contribution in [-0.2, 0) is 6.54 Å². The molecule has 4 aromatic carbocycles. The molecule has 0 amide bonds. The monoisotopic (exact) mass is 315 g/mol. The SMILES string of the molecule is Oc1cccc(CNc2cccc3cc4ccccc4cc23)c1O. The predicted octanol–water partition coefficient (Wildman–Crippen LogP) is 5.02. The van der Waals surface area contributed by atoms with E-state index in [-0.39, 0.29) is 11.5 Å². The van der Waals surface area contributed by atoms with Crippen molar-refractivity contribution in [3.8, 4) is 11.5 Å². The number of phenols is 2. The first-order chi connectivity index (χ1) is 11.7. The average Bonchev–Trinajstić information content (AvgIpc) is 2.61. The summed E-state index contributed by atoms with van der Waals surface area (Å²) < 4.78 is 0. The number of para-hydroxylation sites is 1. The molecule has 0 unspecified atom stereocenters. The van der Waals surface area contributed by atoms with Crippen LogP contribution in [0.25, 0.3) is 21.5 Å². The highest BCUT2D eigenvalue weighted by molar-refractivity contribution is 6.03. The van der Waals surface area contributed by atoms with Gasteiger partial charge in [-0.2, -0.15) is 0 Å². The zero-order valence-corrected chi connectivity index (χ0v) is 13.0. The summed E-state index contributed by atoms with van der Waals surface area (Å²) in [6.07, 6.45) is 0. The molecule has 0 aliphatic heterocycles. The molecule has 0 spiro atoms. The lowest BCUT2D eigenvalue weighted by Crippen LogP contribution is -2.00. The Hall–Kier alpha value is -3.20. The maximum Gasteiger partial charge on any atom is 0.162 e. The molecular weight excluding hydrogens is 298 g/mol. The second-order valence-electron chi connectivity index (χ2n) is 5.86. The van der Waals surface area contributed by atoms with Gasteiger partial charge in [0.15, 0.2) is 11.5 Å². The van der Waals surface area contributed by atoms with Crippen molar-refractivity contribution in [1.82, 2.24) is 0 Å². The van der Waals surface area contributed by atoms with Crippen LogP contribution in [0.4, 0.5) is 5.69 Å². The van der Waals surface area contributed by atoms with Crippen molar-refractivity contribution < 1.29 is 10.2 Å². The summed E-state index contributed by atoms with van der Waals surface area (Å²) >= 11 is 0. The van der Waals surface area contributed by atoms with Gasteiger partial charge in [0, 0.05) is 23.2 Å². The maximum absolute atomic E-state index is 9.94. The highest BCUT2D eigenvalue weighted by Crippen LogP contribution is 2.31. The van der Waals surface area contributed by atoms with Crippen LogP contribution in [-0.4, -0.2) is 10.2 Å². The van der Waals surface area contributed by atoms with Crippen LogP contribution >= 0.6 is 0 Å². The van der Waals surface area contributed by atoms with E-state index in [1.54, 1.807) is 12.1 Å². The zero-order valence-electron chi connectivity index (χ0n) is 13.0. The third kappa shape index (κ3) is 2.50.